The van der Waals surface area contributed by atoms with Crippen LogP contribution >= 0.6 is 0 Å². The van der Waals surface area contributed by atoms with E-state index in [0.717, 1.165) is 22.0 Å². The van der Waals surface area contributed by atoms with E-state index in [0.29, 0.717) is 11.4 Å². The summed E-state index contributed by atoms with van der Waals surface area (Å²) in [5.41, 5.74) is 3.82. The van der Waals surface area contributed by atoms with Crippen LogP contribution in [0.3, 0.4) is 0 Å². The Morgan fingerprint density at radius 3 is 2.56 bits per heavy atom. The Bertz CT molecular complexity index is 594. The molecule has 0 spiro atoms. The average molecular weight is 211 g/mol. The Morgan fingerprint density at radius 2 is 1.94 bits per heavy atom. The van der Waals surface area contributed by atoms with Gasteiger partial charge in [-0.3, -0.25) is 0 Å². The molecular formula is C13H13N3. The molecule has 0 bridgehead atoms. The second-order valence-electron chi connectivity index (χ2n) is 3.84. The lowest BCUT2D eigenvalue weighted by molar-refractivity contribution is 1.29. The van der Waals surface area contributed by atoms with E-state index in [4.69, 9.17) is 5.26 Å². The summed E-state index contributed by atoms with van der Waals surface area (Å²) in [7, 11) is 1.78. The third-order valence-corrected chi connectivity index (χ3v) is 2.76. The molecule has 1 heterocycles. The van der Waals surface area contributed by atoms with Gasteiger partial charge >= 0.3 is 0 Å². The first-order valence-electron chi connectivity index (χ1n) is 5.16. The number of aryl methyl sites for hydroxylation is 2. The van der Waals surface area contributed by atoms with E-state index in [1.807, 2.05) is 19.9 Å². The van der Waals surface area contributed by atoms with Crippen molar-refractivity contribution in [3.8, 4) is 6.07 Å². The predicted molar refractivity (Wildman–Crippen MR) is 65.5 cm³/mol. The van der Waals surface area contributed by atoms with Crippen LogP contribution in [0.4, 0.5) is 5.82 Å². The van der Waals surface area contributed by atoms with Crippen molar-refractivity contribution in [1.29, 1.82) is 5.26 Å². The number of aromatic nitrogens is 1. The second-order valence-corrected chi connectivity index (χ2v) is 3.84. The minimum Gasteiger partial charge on any atom is -0.372 e. The van der Waals surface area contributed by atoms with E-state index < -0.39 is 0 Å². The van der Waals surface area contributed by atoms with Crippen LogP contribution < -0.4 is 5.32 Å². The molecule has 16 heavy (non-hydrogen) atoms. The van der Waals surface area contributed by atoms with Crippen LogP contribution in [0.2, 0.25) is 0 Å². The van der Waals surface area contributed by atoms with Crippen molar-refractivity contribution in [3.63, 3.8) is 0 Å². The number of nitriles is 1. The van der Waals surface area contributed by atoms with E-state index in [9.17, 15) is 0 Å². The molecule has 80 valence electrons. The summed E-state index contributed by atoms with van der Waals surface area (Å²) in [6, 6.07) is 8.17. The topological polar surface area (TPSA) is 48.7 Å². The summed E-state index contributed by atoms with van der Waals surface area (Å²) in [4.78, 5) is 4.49. The quantitative estimate of drug-likeness (QED) is 0.789. The van der Waals surface area contributed by atoms with Crippen molar-refractivity contribution in [2.45, 2.75) is 13.8 Å². The lowest BCUT2D eigenvalue weighted by atomic mass is 10.0. The molecule has 0 aliphatic carbocycles. The zero-order valence-corrected chi connectivity index (χ0v) is 9.63. The first-order chi connectivity index (χ1) is 7.67. The fourth-order valence-corrected chi connectivity index (χ4v) is 1.81. The average Bonchev–Trinajstić information content (AvgIpc) is 2.32. The monoisotopic (exact) mass is 211 g/mol. The molecule has 0 amide bonds. The smallest absolute Gasteiger partial charge is 0.144 e. The second kappa shape index (κ2) is 3.82. The molecule has 0 fully saturated rings. The Labute approximate surface area is 94.7 Å². The number of rotatable bonds is 1. The first-order valence-corrected chi connectivity index (χ1v) is 5.16. The maximum atomic E-state index is 9.04. The van der Waals surface area contributed by atoms with Crippen LogP contribution in [0.15, 0.2) is 18.2 Å². The molecule has 3 heteroatoms. The van der Waals surface area contributed by atoms with Crippen LogP contribution in [-0.4, -0.2) is 12.0 Å². The van der Waals surface area contributed by atoms with E-state index in [1.165, 1.54) is 0 Å². The summed E-state index contributed by atoms with van der Waals surface area (Å²) in [6.07, 6.45) is 0. The van der Waals surface area contributed by atoms with Crippen molar-refractivity contribution in [3.05, 3.63) is 34.9 Å². The van der Waals surface area contributed by atoms with Gasteiger partial charge in [0.15, 0.2) is 0 Å². The van der Waals surface area contributed by atoms with Crippen LogP contribution in [0, 0.1) is 25.2 Å². The van der Waals surface area contributed by atoms with Gasteiger partial charge in [0.25, 0.3) is 0 Å². The van der Waals surface area contributed by atoms with Gasteiger partial charge in [0, 0.05) is 12.4 Å². The van der Waals surface area contributed by atoms with Crippen molar-refractivity contribution in [2.24, 2.45) is 0 Å². The number of hydrogen-bond acceptors (Lipinski definition) is 3. The number of anilines is 1. The molecule has 0 aliphatic rings. The van der Waals surface area contributed by atoms with E-state index in [-0.39, 0.29) is 0 Å². The molecule has 1 aromatic carbocycles. The molecule has 2 rings (SSSR count). The number of benzene rings is 1. The Morgan fingerprint density at radius 1 is 1.25 bits per heavy atom. The summed E-state index contributed by atoms with van der Waals surface area (Å²) in [5.74, 6) is 0.642. The molecular weight excluding hydrogens is 198 g/mol. The molecule has 0 unspecified atom stereocenters. The van der Waals surface area contributed by atoms with Gasteiger partial charge in [0.05, 0.1) is 11.1 Å². The Kier molecular flexibility index (Phi) is 2.49. The van der Waals surface area contributed by atoms with E-state index >= 15 is 0 Å². The van der Waals surface area contributed by atoms with Gasteiger partial charge < -0.3 is 5.32 Å². The van der Waals surface area contributed by atoms with Crippen molar-refractivity contribution >= 4 is 16.7 Å². The minimum absolute atomic E-state index is 0.587. The SMILES string of the molecule is CNc1nc2c(C)ccc(C)c2cc1C#N. The molecule has 0 atom stereocenters. The first kappa shape index (κ1) is 10.4. The largest absolute Gasteiger partial charge is 0.372 e. The lowest BCUT2D eigenvalue weighted by Crippen LogP contribution is -1.98. The highest BCUT2D eigenvalue weighted by Crippen LogP contribution is 2.24. The van der Waals surface area contributed by atoms with Gasteiger partial charge in [-0.15, -0.1) is 0 Å². The molecule has 0 saturated heterocycles. The minimum atomic E-state index is 0.587. The molecule has 0 saturated carbocycles. The molecule has 1 N–H and O–H groups in total. The van der Waals surface area contributed by atoms with Gasteiger partial charge in [0.2, 0.25) is 0 Å². The zero-order chi connectivity index (χ0) is 11.7. The number of hydrogen-bond donors (Lipinski definition) is 1. The van der Waals surface area contributed by atoms with Crippen LogP contribution in [-0.2, 0) is 0 Å². The standard InChI is InChI=1S/C13H13N3/c1-8-4-5-9(2)12-11(8)6-10(7-14)13(15-3)16-12/h4-6H,1-3H3,(H,15,16). The predicted octanol–water partition coefficient (Wildman–Crippen LogP) is 2.77. The molecule has 1 aromatic heterocycles. The number of fused-ring (bicyclic) bond motifs is 1. The number of nitrogens with zero attached hydrogens (tertiary/aromatic N) is 2. The van der Waals surface area contributed by atoms with Gasteiger partial charge in [-0.1, -0.05) is 12.1 Å². The van der Waals surface area contributed by atoms with E-state index in [1.54, 1.807) is 7.05 Å². The summed E-state index contributed by atoms with van der Waals surface area (Å²) < 4.78 is 0. The number of nitrogens with one attached hydrogen (secondary N) is 1. The van der Waals surface area contributed by atoms with Crippen LogP contribution in [0.25, 0.3) is 10.9 Å². The lowest BCUT2D eigenvalue weighted by Gasteiger charge is -2.08. The van der Waals surface area contributed by atoms with Crippen molar-refractivity contribution in [2.75, 3.05) is 12.4 Å². The van der Waals surface area contributed by atoms with Gasteiger partial charge in [-0.2, -0.15) is 5.26 Å². The van der Waals surface area contributed by atoms with Crippen molar-refractivity contribution in [1.82, 2.24) is 4.98 Å². The van der Waals surface area contributed by atoms with Gasteiger partial charge in [-0.25, -0.2) is 4.98 Å². The van der Waals surface area contributed by atoms with Crippen LogP contribution in [0.5, 0.6) is 0 Å². The molecule has 3 nitrogen and oxygen atoms in total. The normalized spacial score (nSPS) is 10.1. The highest BCUT2D eigenvalue weighted by atomic mass is 15.0. The maximum absolute atomic E-state index is 9.04. The fraction of sp³-hybridized carbons (Fsp3) is 0.231. The Balaban J connectivity index is 2.89. The highest BCUT2D eigenvalue weighted by molar-refractivity contribution is 5.88. The van der Waals surface area contributed by atoms with E-state index in [2.05, 4.69) is 28.5 Å². The molecule has 0 aliphatic heterocycles. The summed E-state index contributed by atoms with van der Waals surface area (Å²) in [6.45, 7) is 4.06. The third-order valence-electron chi connectivity index (χ3n) is 2.76. The van der Waals surface area contributed by atoms with Crippen LogP contribution in [0.1, 0.15) is 16.7 Å². The third kappa shape index (κ3) is 1.49. The fourth-order valence-electron chi connectivity index (χ4n) is 1.81. The van der Waals surface area contributed by atoms with Gasteiger partial charge in [-0.05, 0) is 31.0 Å². The van der Waals surface area contributed by atoms with Crippen molar-refractivity contribution < 1.29 is 0 Å². The summed E-state index contributed by atoms with van der Waals surface area (Å²) >= 11 is 0. The molecule has 0 radical (unpaired) electrons. The van der Waals surface area contributed by atoms with Gasteiger partial charge in [0.1, 0.15) is 11.9 Å². The maximum Gasteiger partial charge on any atom is 0.144 e. The zero-order valence-electron chi connectivity index (χ0n) is 9.63. The summed E-state index contributed by atoms with van der Waals surface area (Å²) in [5, 5.41) is 13.0. The molecule has 2 aromatic rings. The number of pyridine rings is 1. The Hall–Kier alpha value is -2.08. The highest BCUT2D eigenvalue weighted by Gasteiger charge is 2.08.